The number of hydrogen-bond donors (Lipinski definition) is 0. The molecule has 4 aliphatic carbocycles. The van der Waals surface area contributed by atoms with Crippen LogP contribution in [0.3, 0.4) is 0 Å². The van der Waals surface area contributed by atoms with Crippen LogP contribution in [-0.2, 0) is 21.7 Å². The summed E-state index contributed by atoms with van der Waals surface area (Å²) in [6.45, 7) is 18.9. The molecule has 8 aromatic carbocycles. The van der Waals surface area contributed by atoms with Crippen molar-refractivity contribution in [1.29, 1.82) is 0 Å². The van der Waals surface area contributed by atoms with E-state index in [1.807, 2.05) is 88.4 Å². The Hall–Kier alpha value is -6.66. The number of benzene rings is 8. The van der Waals surface area contributed by atoms with Gasteiger partial charge in [-0.3, -0.25) is 0 Å². The monoisotopic (exact) mass is 934 g/mol. The summed E-state index contributed by atoms with van der Waals surface area (Å²) in [5, 5.41) is 0. The van der Waals surface area contributed by atoms with Crippen molar-refractivity contribution < 1.29 is 26.3 Å². The van der Waals surface area contributed by atoms with Gasteiger partial charge in [-0.1, -0.05) is 125 Å². The lowest BCUT2D eigenvalue weighted by Gasteiger charge is -2.32. The quantitative estimate of drug-likeness (QED) is 0.155. The Kier molecular flexibility index (Phi) is 8.92. The van der Waals surface area contributed by atoms with Crippen molar-refractivity contribution in [3.63, 3.8) is 0 Å². The molecule has 0 saturated heterocycles. The second-order valence-corrected chi connectivity index (χ2v) is 22.0. The standard InChI is InChI=1S/C64H52F6/c1-33-23-47-49-25-35(3)45(31-57(49)61(9,63(65,66)67)55(47)29-43(33)37-19-21-41-39-15-11-13-17-51(39)59(5,6)53(41)27-37)46-32-58-50(26-36(46)4)48-24-34(2)44(30-56(48)62(58,10)64(68,69)70)38-20-22-42-40-16-12-14-18-52(40)60(7,8)54(42)28-38/h11-32H,1-10H3. The van der Waals surface area contributed by atoms with Gasteiger partial charge in [0.25, 0.3) is 0 Å². The maximum Gasteiger partial charge on any atom is 0.402 e. The summed E-state index contributed by atoms with van der Waals surface area (Å²) in [6.07, 6.45) is -9.41. The molecule has 0 spiro atoms. The highest BCUT2D eigenvalue weighted by Crippen LogP contribution is 2.62. The van der Waals surface area contributed by atoms with Gasteiger partial charge in [0, 0.05) is 10.8 Å². The lowest BCUT2D eigenvalue weighted by atomic mass is 9.76. The summed E-state index contributed by atoms with van der Waals surface area (Å²) in [5.41, 5.74) is 13.7. The average Bonchev–Trinajstić information content (AvgIpc) is 3.88. The second kappa shape index (κ2) is 14.0. The van der Waals surface area contributed by atoms with E-state index in [0.717, 1.165) is 55.6 Å². The number of hydrogen-bond acceptors (Lipinski definition) is 0. The minimum absolute atomic E-state index is 0.0975. The van der Waals surface area contributed by atoms with Crippen LogP contribution < -0.4 is 0 Å². The Morgan fingerprint density at radius 2 is 0.557 bits per heavy atom. The molecule has 350 valence electrons. The maximum absolute atomic E-state index is 16.1. The molecule has 0 amide bonds. The molecule has 4 aliphatic rings. The highest BCUT2D eigenvalue weighted by Gasteiger charge is 2.60. The van der Waals surface area contributed by atoms with Gasteiger partial charge in [-0.25, -0.2) is 0 Å². The molecule has 0 aromatic heterocycles. The van der Waals surface area contributed by atoms with Crippen molar-refractivity contribution in [2.75, 3.05) is 0 Å². The first-order valence-electron chi connectivity index (χ1n) is 24.1. The zero-order chi connectivity index (χ0) is 49.6. The van der Waals surface area contributed by atoms with Crippen LogP contribution in [-0.4, -0.2) is 12.4 Å². The molecule has 8 aromatic rings. The van der Waals surface area contributed by atoms with Crippen molar-refractivity contribution in [1.82, 2.24) is 0 Å². The first-order valence-corrected chi connectivity index (χ1v) is 24.1. The Labute approximate surface area is 406 Å². The molecule has 2 atom stereocenters. The van der Waals surface area contributed by atoms with E-state index in [4.69, 9.17) is 0 Å². The van der Waals surface area contributed by atoms with Crippen LogP contribution in [0.2, 0.25) is 0 Å². The van der Waals surface area contributed by atoms with E-state index in [1.165, 1.54) is 36.1 Å². The van der Waals surface area contributed by atoms with E-state index in [-0.39, 0.29) is 33.1 Å². The first kappa shape index (κ1) is 44.5. The third-order valence-electron chi connectivity index (χ3n) is 17.4. The van der Waals surface area contributed by atoms with E-state index >= 15 is 26.3 Å². The summed E-state index contributed by atoms with van der Waals surface area (Å²) in [6, 6.07) is 43.2. The highest BCUT2D eigenvalue weighted by atomic mass is 19.4. The van der Waals surface area contributed by atoms with Crippen LogP contribution in [0.25, 0.3) is 77.9 Å². The van der Waals surface area contributed by atoms with Gasteiger partial charge in [0.15, 0.2) is 0 Å². The van der Waals surface area contributed by atoms with Crippen molar-refractivity contribution >= 4 is 0 Å². The van der Waals surface area contributed by atoms with E-state index in [0.29, 0.717) is 44.5 Å². The van der Waals surface area contributed by atoms with Gasteiger partial charge in [-0.2, -0.15) is 26.3 Å². The van der Waals surface area contributed by atoms with E-state index in [9.17, 15) is 0 Å². The van der Waals surface area contributed by atoms with Crippen molar-refractivity contribution in [2.24, 2.45) is 0 Å². The van der Waals surface area contributed by atoms with Gasteiger partial charge in [-0.15, -0.1) is 0 Å². The lowest BCUT2D eigenvalue weighted by Crippen LogP contribution is -2.39. The molecular formula is C64H52F6. The molecule has 2 unspecified atom stereocenters. The van der Waals surface area contributed by atoms with Gasteiger partial charge in [-0.05, 0) is 223 Å². The van der Waals surface area contributed by atoms with E-state index in [2.05, 4.69) is 76.2 Å². The number of halogens is 6. The van der Waals surface area contributed by atoms with Crippen LogP contribution in [0.1, 0.15) is 108 Å². The van der Waals surface area contributed by atoms with Gasteiger partial charge in [0.05, 0.1) is 0 Å². The zero-order valence-electron chi connectivity index (χ0n) is 41.0. The summed E-state index contributed by atoms with van der Waals surface area (Å²) in [7, 11) is 0. The van der Waals surface area contributed by atoms with Crippen LogP contribution >= 0.6 is 0 Å². The van der Waals surface area contributed by atoms with E-state index < -0.39 is 23.2 Å². The molecule has 12 rings (SSSR count). The highest BCUT2D eigenvalue weighted by molar-refractivity contribution is 5.93. The molecule has 0 aliphatic heterocycles. The number of rotatable bonds is 3. The smallest absolute Gasteiger partial charge is 0.170 e. The Morgan fingerprint density at radius 1 is 0.271 bits per heavy atom. The Morgan fingerprint density at radius 3 is 0.886 bits per heavy atom. The largest absolute Gasteiger partial charge is 0.402 e. The molecule has 0 saturated carbocycles. The maximum atomic E-state index is 16.1. The van der Waals surface area contributed by atoms with Crippen LogP contribution in [0.15, 0.2) is 133 Å². The van der Waals surface area contributed by atoms with Crippen molar-refractivity contribution in [3.8, 4) is 77.9 Å². The lowest BCUT2D eigenvalue weighted by molar-refractivity contribution is -0.172. The third-order valence-corrected chi connectivity index (χ3v) is 17.4. The predicted molar refractivity (Wildman–Crippen MR) is 273 cm³/mol. The van der Waals surface area contributed by atoms with Crippen LogP contribution in [0.5, 0.6) is 0 Å². The molecule has 70 heavy (non-hydrogen) atoms. The molecule has 0 fully saturated rings. The number of alkyl halides is 6. The number of aryl methyl sites for hydroxylation is 4. The van der Waals surface area contributed by atoms with Crippen molar-refractivity contribution in [2.45, 2.75) is 103 Å². The van der Waals surface area contributed by atoms with Gasteiger partial charge in [0.2, 0.25) is 0 Å². The molecule has 6 heteroatoms. The Balaban J connectivity index is 0.973. The normalized spacial score (nSPS) is 19.5. The summed E-state index contributed by atoms with van der Waals surface area (Å²) < 4.78 is 96.5. The zero-order valence-corrected chi connectivity index (χ0v) is 41.0. The molecule has 0 nitrogen and oxygen atoms in total. The fraction of sp³-hybridized carbons (Fsp3) is 0.250. The fourth-order valence-corrected chi connectivity index (χ4v) is 13.2. The molecule has 0 bridgehead atoms. The molecule has 0 radical (unpaired) electrons. The topological polar surface area (TPSA) is 0 Å². The van der Waals surface area contributed by atoms with Crippen molar-refractivity contribution in [3.05, 3.63) is 200 Å². The van der Waals surface area contributed by atoms with Gasteiger partial charge < -0.3 is 0 Å². The third kappa shape index (κ3) is 5.62. The number of fused-ring (bicyclic) bond motifs is 12. The minimum Gasteiger partial charge on any atom is -0.170 e. The summed E-state index contributed by atoms with van der Waals surface area (Å²) in [4.78, 5) is 0. The molecular weight excluding hydrogens is 883 g/mol. The summed E-state index contributed by atoms with van der Waals surface area (Å²) in [5.74, 6) is 0. The molecule has 0 heterocycles. The fourth-order valence-electron chi connectivity index (χ4n) is 13.2. The Bertz CT molecular complexity index is 3410. The molecule has 0 N–H and O–H groups in total. The average molecular weight is 935 g/mol. The van der Waals surface area contributed by atoms with Gasteiger partial charge in [0.1, 0.15) is 10.8 Å². The predicted octanol–water partition coefficient (Wildman–Crippen LogP) is 18.2. The van der Waals surface area contributed by atoms with Crippen LogP contribution in [0, 0.1) is 27.7 Å². The van der Waals surface area contributed by atoms with E-state index in [1.54, 1.807) is 24.3 Å². The minimum atomic E-state index is -4.70. The van der Waals surface area contributed by atoms with Crippen LogP contribution in [0.4, 0.5) is 26.3 Å². The second-order valence-electron chi connectivity index (χ2n) is 22.0. The SMILES string of the molecule is Cc1cc2c(cc1-c1ccc3c(c1)C(C)(C)c1ccccc1-3)C(C)(C(F)(F)F)c1cc(-c3cc4c(cc3C)-c3cc(C)c(-c5ccc6c(c5)C(C)(C)c5ccccc5-6)cc3C4(C)C(F)(F)F)c(C)cc1-2. The van der Waals surface area contributed by atoms with Gasteiger partial charge >= 0.3 is 12.4 Å². The first-order chi connectivity index (χ1) is 32.9. The summed E-state index contributed by atoms with van der Waals surface area (Å²) >= 11 is 0.